The van der Waals surface area contributed by atoms with Crippen molar-refractivity contribution in [1.29, 1.82) is 5.26 Å². The normalized spacial score (nSPS) is 11.0. The van der Waals surface area contributed by atoms with E-state index in [1.165, 1.54) is 12.1 Å². The molecule has 26 heavy (non-hydrogen) atoms. The Hall–Kier alpha value is -3.86. The van der Waals surface area contributed by atoms with Crippen LogP contribution in [-0.4, -0.2) is 15.0 Å². The summed E-state index contributed by atoms with van der Waals surface area (Å²) in [5, 5.41) is 12.3. The van der Waals surface area contributed by atoms with Crippen LogP contribution in [0.5, 0.6) is 0 Å². The van der Waals surface area contributed by atoms with Crippen LogP contribution in [0, 0.1) is 23.0 Å². The molecule has 3 N–H and O–H groups in total. The van der Waals surface area contributed by atoms with Crippen LogP contribution in [0.15, 0.2) is 48.5 Å². The maximum absolute atomic E-state index is 13.3. The molecule has 1 aromatic heterocycles. The Bertz CT molecular complexity index is 1010. The van der Waals surface area contributed by atoms with Gasteiger partial charge in [-0.05, 0) is 35.9 Å². The van der Waals surface area contributed by atoms with Crippen molar-refractivity contribution in [2.24, 2.45) is 0 Å². The third-order valence-corrected chi connectivity index (χ3v) is 3.30. The number of aromatic nitrogens is 3. The van der Waals surface area contributed by atoms with Crippen LogP contribution in [0.4, 0.5) is 26.4 Å². The first-order valence-corrected chi connectivity index (χ1v) is 7.46. The van der Waals surface area contributed by atoms with Crippen LogP contribution in [-0.2, 0) is 0 Å². The number of benzene rings is 2. The topological polar surface area (TPSA) is 101 Å². The number of nitrogens with two attached hydrogens (primary N) is 1. The molecule has 0 fully saturated rings. The Labute approximate surface area is 147 Å². The van der Waals surface area contributed by atoms with Gasteiger partial charge in [0.1, 0.15) is 6.07 Å². The molecular formula is C18H12F2N6. The van der Waals surface area contributed by atoms with Crippen LogP contribution in [0.1, 0.15) is 11.4 Å². The molecule has 0 saturated carbocycles. The zero-order valence-corrected chi connectivity index (χ0v) is 13.3. The number of para-hydroxylation sites is 1. The largest absolute Gasteiger partial charge is 0.368 e. The van der Waals surface area contributed by atoms with E-state index in [1.807, 2.05) is 36.4 Å². The molecule has 0 spiro atoms. The van der Waals surface area contributed by atoms with E-state index in [0.29, 0.717) is 0 Å². The summed E-state index contributed by atoms with van der Waals surface area (Å²) < 4.78 is 26.4. The number of rotatable bonds is 4. The van der Waals surface area contributed by atoms with Gasteiger partial charge in [-0.25, -0.2) is 8.78 Å². The molecule has 0 radical (unpaired) electrons. The second-order valence-corrected chi connectivity index (χ2v) is 5.18. The number of halogens is 2. The lowest BCUT2D eigenvalue weighted by Gasteiger charge is -2.07. The zero-order chi connectivity index (χ0) is 18.5. The Morgan fingerprint density at radius 2 is 1.81 bits per heavy atom. The van der Waals surface area contributed by atoms with Gasteiger partial charge >= 0.3 is 0 Å². The highest BCUT2D eigenvalue weighted by Gasteiger charge is 2.11. The minimum atomic E-state index is -1.02. The number of anilines is 3. The van der Waals surface area contributed by atoms with Crippen molar-refractivity contribution in [3.63, 3.8) is 0 Å². The molecule has 0 aliphatic carbocycles. The van der Waals surface area contributed by atoms with E-state index in [2.05, 4.69) is 20.3 Å². The van der Waals surface area contributed by atoms with Crippen LogP contribution >= 0.6 is 0 Å². The van der Waals surface area contributed by atoms with Crippen molar-refractivity contribution >= 4 is 29.2 Å². The summed E-state index contributed by atoms with van der Waals surface area (Å²) in [6.07, 6.45) is 1.34. The molecule has 0 bridgehead atoms. The maximum atomic E-state index is 13.3. The predicted molar refractivity (Wildman–Crippen MR) is 93.8 cm³/mol. The van der Waals surface area contributed by atoms with Crippen molar-refractivity contribution in [2.45, 2.75) is 0 Å². The van der Waals surface area contributed by atoms with Crippen molar-refractivity contribution in [3.8, 4) is 6.07 Å². The molecule has 3 rings (SSSR count). The first-order valence-electron chi connectivity index (χ1n) is 7.46. The minimum Gasteiger partial charge on any atom is -0.368 e. The van der Waals surface area contributed by atoms with Crippen molar-refractivity contribution in [1.82, 2.24) is 15.0 Å². The van der Waals surface area contributed by atoms with Gasteiger partial charge in [0.05, 0.1) is 5.57 Å². The Kier molecular flexibility index (Phi) is 4.80. The van der Waals surface area contributed by atoms with Gasteiger partial charge in [-0.2, -0.15) is 20.2 Å². The Morgan fingerprint density at radius 1 is 1.04 bits per heavy atom. The molecule has 8 heteroatoms. The van der Waals surface area contributed by atoms with Crippen LogP contribution in [0.25, 0.3) is 11.6 Å². The van der Waals surface area contributed by atoms with E-state index in [1.54, 1.807) is 0 Å². The summed E-state index contributed by atoms with van der Waals surface area (Å²) in [7, 11) is 0. The lowest BCUT2D eigenvalue weighted by Crippen LogP contribution is -2.06. The molecule has 1 heterocycles. The van der Waals surface area contributed by atoms with E-state index in [9.17, 15) is 14.0 Å². The number of nitriles is 1. The van der Waals surface area contributed by atoms with Crippen LogP contribution < -0.4 is 11.1 Å². The number of nitrogens with zero attached hydrogens (tertiary/aromatic N) is 4. The fourth-order valence-corrected chi connectivity index (χ4v) is 2.13. The third kappa shape index (κ3) is 3.96. The first kappa shape index (κ1) is 17.0. The van der Waals surface area contributed by atoms with Gasteiger partial charge in [-0.3, -0.25) is 0 Å². The summed E-state index contributed by atoms with van der Waals surface area (Å²) in [4.78, 5) is 12.1. The van der Waals surface area contributed by atoms with Gasteiger partial charge in [-0.1, -0.05) is 24.3 Å². The third-order valence-electron chi connectivity index (χ3n) is 3.30. The fourth-order valence-electron chi connectivity index (χ4n) is 2.13. The fraction of sp³-hybridized carbons (Fsp3) is 0. The minimum absolute atomic E-state index is 0.0168. The summed E-state index contributed by atoms with van der Waals surface area (Å²) in [5.41, 5.74) is 6.74. The highest BCUT2D eigenvalue weighted by molar-refractivity contribution is 5.87. The average molecular weight is 350 g/mol. The van der Waals surface area contributed by atoms with Crippen LogP contribution in [0.2, 0.25) is 0 Å². The number of hydrogen-bond acceptors (Lipinski definition) is 6. The number of allylic oxidation sites excluding steroid dienone is 1. The number of nitrogen functional groups attached to an aromatic ring is 1. The number of hydrogen-bond donors (Lipinski definition) is 2. The van der Waals surface area contributed by atoms with E-state index in [4.69, 9.17) is 5.73 Å². The molecule has 6 nitrogen and oxygen atoms in total. The van der Waals surface area contributed by atoms with Gasteiger partial charge in [0.15, 0.2) is 17.5 Å². The van der Waals surface area contributed by atoms with Gasteiger partial charge in [0.25, 0.3) is 0 Å². The van der Waals surface area contributed by atoms with E-state index in [0.717, 1.165) is 17.8 Å². The van der Waals surface area contributed by atoms with Gasteiger partial charge < -0.3 is 11.1 Å². The van der Waals surface area contributed by atoms with E-state index in [-0.39, 0.29) is 28.9 Å². The molecule has 2 aromatic carbocycles. The molecule has 128 valence electrons. The summed E-state index contributed by atoms with van der Waals surface area (Å²) in [6.45, 7) is 0. The quantitative estimate of drug-likeness (QED) is 0.698. The highest BCUT2D eigenvalue weighted by Crippen LogP contribution is 2.19. The molecular weight excluding hydrogens is 338 g/mol. The smallest absolute Gasteiger partial charge is 0.232 e. The Balaban J connectivity index is 1.97. The van der Waals surface area contributed by atoms with Gasteiger partial charge in [-0.15, -0.1) is 0 Å². The standard InChI is InChI=1S/C18H12F2N6/c19-14-7-6-11(9-15(14)20)8-12(10-21)16-24-17(22)26-18(25-16)23-13-4-2-1-3-5-13/h1-9H,(H3,22,23,24,25,26)/b12-8+. The summed E-state index contributed by atoms with van der Waals surface area (Å²) in [6, 6.07) is 14.3. The summed E-state index contributed by atoms with van der Waals surface area (Å²) >= 11 is 0. The monoisotopic (exact) mass is 350 g/mol. The van der Waals surface area contributed by atoms with E-state index >= 15 is 0 Å². The lowest BCUT2D eigenvalue weighted by atomic mass is 10.1. The molecule has 0 aliphatic rings. The predicted octanol–water partition coefficient (Wildman–Crippen LogP) is 3.54. The second kappa shape index (κ2) is 7.36. The molecule has 0 unspecified atom stereocenters. The van der Waals surface area contributed by atoms with Gasteiger partial charge in [0, 0.05) is 5.69 Å². The lowest BCUT2D eigenvalue weighted by molar-refractivity contribution is 0.508. The highest BCUT2D eigenvalue weighted by atomic mass is 19.2. The molecule has 0 aliphatic heterocycles. The zero-order valence-electron chi connectivity index (χ0n) is 13.3. The summed E-state index contributed by atoms with van der Waals surface area (Å²) in [5.74, 6) is -1.90. The molecule has 0 atom stereocenters. The van der Waals surface area contributed by atoms with Gasteiger partial charge in [0.2, 0.25) is 11.9 Å². The van der Waals surface area contributed by atoms with E-state index < -0.39 is 11.6 Å². The molecule has 3 aromatic rings. The molecule has 0 amide bonds. The SMILES string of the molecule is N#C/C(=C\c1ccc(F)c(F)c1)c1nc(N)nc(Nc2ccccc2)n1. The first-order chi connectivity index (χ1) is 12.5. The van der Waals surface area contributed by atoms with Crippen molar-refractivity contribution in [2.75, 3.05) is 11.1 Å². The second-order valence-electron chi connectivity index (χ2n) is 5.18. The molecule has 0 saturated heterocycles. The number of nitrogens with one attached hydrogen (secondary N) is 1. The van der Waals surface area contributed by atoms with Crippen molar-refractivity contribution in [3.05, 3.63) is 71.6 Å². The average Bonchev–Trinajstić information content (AvgIpc) is 2.63. The van der Waals surface area contributed by atoms with Crippen LogP contribution in [0.3, 0.4) is 0 Å². The Morgan fingerprint density at radius 3 is 2.50 bits per heavy atom. The van der Waals surface area contributed by atoms with Crippen molar-refractivity contribution < 1.29 is 8.78 Å². The maximum Gasteiger partial charge on any atom is 0.232 e.